The highest BCUT2D eigenvalue weighted by Gasteiger charge is 2.14. The van der Waals surface area contributed by atoms with Gasteiger partial charge in [0.15, 0.2) is 0 Å². The minimum atomic E-state index is -0.438. The maximum Gasteiger partial charge on any atom is 0.277 e. The fraction of sp³-hybridized carbons (Fsp3) is 0.250. The first kappa shape index (κ1) is 12.9. The zero-order chi connectivity index (χ0) is 13.7. The average Bonchev–Trinajstić information content (AvgIpc) is 2.81. The van der Waals surface area contributed by atoms with Crippen LogP contribution in [0.25, 0.3) is 0 Å². The fourth-order valence-corrected chi connectivity index (χ4v) is 1.48. The average molecular weight is 262 g/mol. The van der Waals surface area contributed by atoms with Crippen molar-refractivity contribution in [1.82, 2.24) is 15.6 Å². The van der Waals surface area contributed by atoms with Gasteiger partial charge in [-0.1, -0.05) is 12.1 Å². The van der Waals surface area contributed by atoms with Crippen LogP contribution in [0.3, 0.4) is 0 Å². The van der Waals surface area contributed by atoms with E-state index in [1.54, 1.807) is 0 Å². The Kier molecular flexibility index (Phi) is 3.97. The number of hydrogen-bond donors (Lipinski definition) is 2. The quantitative estimate of drug-likeness (QED) is 0.771. The van der Waals surface area contributed by atoms with Gasteiger partial charge in [-0.15, -0.1) is 0 Å². The van der Waals surface area contributed by atoms with Crippen molar-refractivity contribution in [3.63, 3.8) is 0 Å². The van der Waals surface area contributed by atoms with Crippen molar-refractivity contribution >= 4 is 11.7 Å². The van der Waals surface area contributed by atoms with E-state index in [1.165, 1.54) is 0 Å². The molecule has 100 valence electrons. The Balaban J connectivity index is 1.75. The lowest BCUT2D eigenvalue weighted by atomic mass is 10.2. The highest BCUT2D eigenvalue weighted by atomic mass is 16.6. The number of nitrogen functional groups attached to an aromatic ring is 1. The number of aromatic nitrogens is 2. The molecule has 0 aliphatic carbocycles. The number of aryl methyl sites for hydroxylation is 1. The molecule has 0 saturated carbocycles. The smallest absolute Gasteiger partial charge is 0.277 e. The fourth-order valence-electron chi connectivity index (χ4n) is 1.48. The van der Waals surface area contributed by atoms with Crippen molar-refractivity contribution in [3.8, 4) is 5.75 Å². The zero-order valence-corrected chi connectivity index (χ0v) is 10.4. The third-order valence-electron chi connectivity index (χ3n) is 2.37. The van der Waals surface area contributed by atoms with E-state index in [0.29, 0.717) is 13.2 Å². The molecule has 0 spiro atoms. The minimum absolute atomic E-state index is 0.0180. The summed E-state index contributed by atoms with van der Waals surface area (Å²) in [6.07, 6.45) is 0. The summed E-state index contributed by atoms with van der Waals surface area (Å²) in [6, 6.07) is 7.66. The predicted octanol–water partition coefficient (Wildman–Crippen LogP) is 0.769. The summed E-state index contributed by atoms with van der Waals surface area (Å²) in [7, 11) is 0. The second kappa shape index (κ2) is 5.85. The minimum Gasteiger partial charge on any atom is -0.492 e. The van der Waals surface area contributed by atoms with Crippen LogP contribution < -0.4 is 15.8 Å². The standard InChI is InChI=1S/C12H14N4O3/c1-8-3-2-4-9(7-8)18-6-5-14-12(17)10-11(13)16-19-15-10/h2-4,7H,5-6H2,1H3,(H2,13,16)(H,14,17). The first-order chi connectivity index (χ1) is 9.16. The second-order valence-corrected chi connectivity index (χ2v) is 3.92. The number of amides is 1. The van der Waals surface area contributed by atoms with E-state index < -0.39 is 5.91 Å². The lowest BCUT2D eigenvalue weighted by Gasteiger charge is -2.07. The molecule has 19 heavy (non-hydrogen) atoms. The summed E-state index contributed by atoms with van der Waals surface area (Å²) in [4.78, 5) is 11.6. The molecule has 0 bridgehead atoms. The molecule has 3 N–H and O–H groups in total. The van der Waals surface area contributed by atoms with Gasteiger partial charge in [0.25, 0.3) is 5.91 Å². The van der Waals surface area contributed by atoms with E-state index in [0.717, 1.165) is 11.3 Å². The van der Waals surface area contributed by atoms with E-state index in [1.807, 2.05) is 31.2 Å². The normalized spacial score (nSPS) is 10.2. The number of rotatable bonds is 5. The summed E-state index contributed by atoms with van der Waals surface area (Å²) in [5, 5.41) is 9.33. The Morgan fingerprint density at radius 1 is 1.47 bits per heavy atom. The summed E-state index contributed by atoms with van der Waals surface area (Å²) in [5.41, 5.74) is 6.49. The van der Waals surface area contributed by atoms with Crippen LogP contribution in [0.2, 0.25) is 0 Å². The number of nitrogens with one attached hydrogen (secondary N) is 1. The SMILES string of the molecule is Cc1cccc(OCCNC(=O)c2nonc2N)c1. The Bertz CT molecular complexity index is 568. The van der Waals surface area contributed by atoms with E-state index >= 15 is 0 Å². The summed E-state index contributed by atoms with van der Waals surface area (Å²) >= 11 is 0. The molecule has 1 amide bonds. The van der Waals surface area contributed by atoms with Crippen LogP contribution in [-0.2, 0) is 0 Å². The lowest BCUT2D eigenvalue weighted by Crippen LogP contribution is -2.28. The number of hydrogen-bond acceptors (Lipinski definition) is 6. The monoisotopic (exact) mass is 262 g/mol. The van der Waals surface area contributed by atoms with E-state index in [2.05, 4.69) is 20.3 Å². The van der Waals surface area contributed by atoms with Gasteiger partial charge in [0, 0.05) is 0 Å². The molecule has 0 saturated heterocycles. The molecule has 1 heterocycles. The molecule has 1 aromatic heterocycles. The van der Waals surface area contributed by atoms with E-state index in [4.69, 9.17) is 10.5 Å². The van der Waals surface area contributed by atoms with Gasteiger partial charge in [-0.3, -0.25) is 4.79 Å². The molecule has 0 atom stereocenters. The molecule has 7 heteroatoms. The molecule has 2 aromatic rings. The number of nitrogens with two attached hydrogens (primary N) is 1. The largest absolute Gasteiger partial charge is 0.492 e. The Morgan fingerprint density at radius 3 is 3.00 bits per heavy atom. The van der Waals surface area contributed by atoms with Crippen LogP contribution >= 0.6 is 0 Å². The Labute approximate surface area is 109 Å². The molecule has 0 fully saturated rings. The molecule has 0 radical (unpaired) electrons. The number of ether oxygens (including phenoxy) is 1. The first-order valence-corrected chi connectivity index (χ1v) is 5.72. The van der Waals surface area contributed by atoms with Crippen LogP contribution in [0.1, 0.15) is 16.1 Å². The third-order valence-corrected chi connectivity index (χ3v) is 2.37. The van der Waals surface area contributed by atoms with Crippen LogP contribution in [0, 0.1) is 6.92 Å². The van der Waals surface area contributed by atoms with Gasteiger partial charge in [0.05, 0.1) is 6.54 Å². The number of nitrogens with zero attached hydrogens (tertiary/aromatic N) is 2. The topological polar surface area (TPSA) is 103 Å². The van der Waals surface area contributed by atoms with Gasteiger partial charge in [0.2, 0.25) is 11.5 Å². The van der Waals surface area contributed by atoms with Crippen molar-refractivity contribution in [1.29, 1.82) is 0 Å². The molecule has 7 nitrogen and oxygen atoms in total. The van der Waals surface area contributed by atoms with Crippen LogP contribution in [0.15, 0.2) is 28.9 Å². The number of carbonyl (C=O) groups is 1. The van der Waals surface area contributed by atoms with Gasteiger partial charge < -0.3 is 15.8 Å². The van der Waals surface area contributed by atoms with Crippen molar-refractivity contribution in [2.45, 2.75) is 6.92 Å². The van der Waals surface area contributed by atoms with Crippen molar-refractivity contribution in [3.05, 3.63) is 35.5 Å². The highest BCUT2D eigenvalue weighted by Crippen LogP contribution is 2.11. The van der Waals surface area contributed by atoms with Gasteiger partial charge >= 0.3 is 0 Å². The highest BCUT2D eigenvalue weighted by molar-refractivity contribution is 5.95. The van der Waals surface area contributed by atoms with Crippen LogP contribution in [-0.4, -0.2) is 29.4 Å². The van der Waals surface area contributed by atoms with Crippen molar-refractivity contribution < 1.29 is 14.2 Å². The summed E-state index contributed by atoms with van der Waals surface area (Å²) in [6.45, 7) is 2.66. The Hall–Kier alpha value is -2.57. The molecule has 0 aliphatic rings. The molecular formula is C12H14N4O3. The van der Waals surface area contributed by atoms with Crippen LogP contribution in [0.4, 0.5) is 5.82 Å². The molecule has 2 rings (SSSR count). The summed E-state index contributed by atoms with van der Waals surface area (Å²) < 4.78 is 9.82. The Morgan fingerprint density at radius 2 is 2.32 bits per heavy atom. The summed E-state index contributed by atoms with van der Waals surface area (Å²) in [5.74, 6) is 0.292. The van der Waals surface area contributed by atoms with E-state index in [9.17, 15) is 4.79 Å². The maximum absolute atomic E-state index is 11.6. The predicted molar refractivity (Wildman–Crippen MR) is 67.7 cm³/mol. The molecule has 0 aliphatic heterocycles. The molecular weight excluding hydrogens is 248 g/mol. The number of anilines is 1. The van der Waals surface area contributed by atoms with Crippen molar-refractivity contribution in [2.75, 3.05) is 18.9 Å². The lowest BCUT2D eigenvalue weighted by molar-refractivity contribution is 0.0937. The first-order valence-electron chi connectivity index (χ1n) is 5.72. The second-order valence-electron chi connectivity index (χ2n) is 3.92. The molecule has 0 unspecified atom stereocenters. The van der Waals surface area contributed by atoms with E-state index in [-0.39, 0.29) is 11.5 Å². The number of benzene rings is 1. The zero-order valence-electron chi connectivity index (χ0n) is 10.4. The maximum atomic E-state index is 11.6. The van der Waals surface area contributed by atoms with Crippen LogP contribution in [0.5, 0.6) is 5.75 Å². The number of carbonyl (C=O) groups excluding carboxylic acids is 1. The van der Waals surface area contributed by atoms with Gasteiger partial charge in [-0.05, 0) is 34.9 Å². The van der Waals surface area contributed by atoms with Crippen molar-refractivity contribution in [2.24, 2.45) is 0 Å². The molecule has 1 aromatic carbocycles. The van der Waals surface area contributed by atoms with Gasteiger partial charge in [-0.25, -0.2) is 4.63 Å². The van der Waals surface area contributed by atoms with Gasteiger partial charge in [0.1, 0.15) is 12.4 Å². The van der Waals surface area contributed by atoms with Gasteiger partial charge in [-0.2, -0.15) is 0 Å². The third kappa shape index (κ3) is 3.44.